The van der Waals surface area contributed by atoms with E-state index in [1.807, 2.05) is 39.8 Å². The van der Waals surface area contributed by atoms with Gasteiger partial charge in [0.05, 0.1) is 12.6 Å². The normalized spacial score (nSPS) is 25.6. The largest absolute Gasteiger partial charge is 0.444 e. The highest BCUT2D eigenvalue weighted by molar-refractivity contribution is 5.68. The van der Waals surface area contributed by atoms with Crippen LogP contribution in [0, 0.1) is 5.92 Å². The van der Waals surface area contributed by atoms with Gasteiger partial charge in [-0.15, -0.1) is 0 Å². The first-order chi connectivity index (χ1) is 7.83. The van der Waals surface area contributed by atoms with E-state index in [1.165, 1.54) is 0 Å². The molecule has 0 aromatic carbocycles. The lowest BCUT2D eigenvalue weighted by Crippen LogP contribution is -2.35. The minimum atomic E-state index is -0.483. The van der Waals surface area contributed by atoms with E-state index in [-0.39, 0.29) is 12.0 Å². The summed E-state index contributed by atoms with van der Waals surface area (Å²) in [6.45, 7) is 8.42. The number of hydrogen-bond donors (Lipinski definition) is 1. The van der Waals surface area contributed by atoms with Gasteiger partial charge in [-0.3, -0.25) is 0 Å². The number of β-amino-alcohol motifs (C(OH)–C–C–N with tert-alkyl or cyclic N) is 1. The SMILES string of the molecule is CC=CCC1CN(C(=O)OC(C)(C)C)CC1O. The Morgan fingerprint density at radius 3 is 2.65 bits per heavy atom. The molecule has 0 saturated carbocycles. The van der Waals surface area contributed by atoms with Crippen molar-refractivity contribution >= 4 is 6.09 Å². The van der Waals surface area contributed by atoms with Crippen molar-refractivity contribution in [1.29, 1.82) is 0 Å². The van der Waals surface area contributed by atoms with E-state index in [0.717, 1.165) is 6.42 Å². The summed E-state index contributed by atoms with van der Waals surface area (Å²) in [6.07, 6.45) is 4.00. The molecular formula is C13H23NO3. The number of carbonyl (C=O) groups is 1. The second-order valence-corrected chi connectivity index (χ2v) is 5.52. The van der Waals surface area contributed by atoms with Crippen molar-refractivity contribution in [3.8, 4) is 0 Å². The molecule has 1 heterocycles. The van der Waals surface area contributed by atoms with E-state index in [0.29, 0.717) is 13.1 Å². The Balaban J connectivity index is 2.50. The van der Waals surface area contributed by atoms with Crippen molar-refractivity contribution in [1.82, 2.24) is 4.90 Å². The molecule has 4 nitrogen and oxygen atoms in total. The van der Waals surface area contributed by atoms with Gasteiger partial charge in [0.15, 0.2) is 0 Å². The lowest BCUT2D eigenvalue weighted by atomic mass is 10.0. The maximum atomic E-state index is 11.8. The number of rotatable bonds is 2. The van der Waals surface area contributed by atoms with Gasteiger partial charge >= 0.3 is 6.09 Å². The summed E-state index contributed by atoms with van der Waals surface area (Å²) >= 11 is 0. The minimum Gasteiger partial charge on any atom is -0.444 e. The minimum absolute atomic E-state index is 0.124. The molecule has 98 valence electrons. The van der Waals surface area contributed by atoms with Gasteiger partial charge in [0, 0.05) is 12.5 Å². The number of carbonyl (C=O) groups excluding carboxylic acids is 1. The Kier molecular flexibility index (Phi) is 4.57. The number of hydrogen-bond acceptors (Lipinski definition) is 3. The summed E-state index contributed by atoms with van der Waals surface area (Å²) in [4.78, 5) is 13.4. The fraction of sp³-hybridized carbons (Fsp3) is 0.769. The maximum Gasteiger partial charge on any atom is 0.410 e. The molecule has 0 aromatic heterocycles. The molecule has 1 saturated heterocycles. The number of ether oxygens (including phenoxy) is 1. The number of likely N-dealkylation sites (tertiary alicyclic amines) is 1. The molecule has 2 unspecified atom stereocenters. The van der Waals surface area contributed by atoms with Crippen LogP contribution in [0.3, 0.4) is 0 Å². The van der Waals surface area contributed by atoms with Crippen LogP contribution in [0.1, 0.15) is 34.1 Å². The fourth-order valence-corrected chi connectivity index (χ4v) is 1.87. The average molecular weight is 241 g/mol. The molecular weight excluding hydrogens is 218 g/mol. The zero-order valence-corrected chi connectivity index (χ0v) is 11.1. The van der Waals surface area contributed by atoms with Crippen molar-refractivity contribution in [2.45, 2.75) is 45.8 Å². The molecule has 0 spiro atoms. The standard InChI is InChI=1S/C13H23NO3/c1-5-6-7-10-8-14(9-11(10)15)12(16)17-13(2,3)4/h5-6,10-11,15H,7-9H2,1-4H3. The third kappa shape index (κ3) is 4.38. The van der Waals surface area contributed by atoms with Gasteiger partial charge in [0.2, 0.25) is 0 Å². The molecule has 0 bridgehead atoms. The third-order valence-corrected chi connectivity index (χ3v) is 2.73. The average Bonchev–Trinajstić information content (AvgIpc) is 2.54. The third-order valence-electron chi connectivity index (χ3n) is 2.73. The predicted octanol–water partition coefficient (Wildman–Crippen LogP) is 2.18. The van der Waals surface area contributed by atoms with Crippen molar-refractivity contribution in [2.75, 3.05) is 13.1 Å². The van der Waals surface area contributed by atoms with E-state index in [9.17, 15) is 9.90 Å². The van der Waals surface area contributed by atoms with Crippen LogP contribution in [-0.4, -0.2) is 40.9 Å². The van der Waals surface area contributed by atoms with Gasteiger partial charge in [0.1, 0.15) is 5.60 Å². The van der Waals surface area contributed by atoms with Crippen molar-refractivity contribution in [3.63, 3.8) is 0 Å². The second kappa shape index (κ2) is 5.54. The first-order valence-electron chi connectivity index (χ1n) is 6.10. The highest BCUT2D eigenvalue weighted by Crippen LogP contribution is 2.22. The number of aliphatic hydroxyl groups is 1. The molecule has 1 fully saturated rings. The van der Waals surface area contributed by atoms with Gasteiger partial charge in [-0.1, -0.05) is 12.2 Å². The van der Waals surface area contributed by atoms with Gasteiger partial charge in [-0.25, -0.2) is 4.79 Å². The summed E-state index contributed by atoms with van der Waals surface area (Å²) in [6, 6.07) is 0. The first-order valence-corrected chi connectivity index (χ1v) is 6.10. The zero-order chi connectivity index (χ0) is 13.1. The molecule has 4 heteroatoms. The van der Waals surface area contributed by atoms with Gasteiger partial charge in [-0.2, -0.15) is 0 Å². The molecule has 2 atom stereocenters. The maximum absolute atomic E-state index is 11.8. The Bertz CT molecular complexity index is 294. The molecule has 1 rings (SSSR count). The number of amides is 1. The van der Waals surface area contributed by atoms with E-state index in [1.54, 1.807) is 4.90 Å². The molecule has 1 aliphatic rings. The lowest BCUT2D eigenvalue weighted by molar-refractivity contribution is 0.0270. The monoisotopic (exact) mass is 241 g/mol. The van der Waals surface area contributed by atoms with Crippen molar-refractivity contribution in [2.24, 2.45) is 5.92 Å². The van der Waals surface area contributed by atoms with Crippen LogP contribution in [0.2, 0.25) is 0 Å². The van der Waals surface area contributed by atoms with Crippen LogP contribution in [0.15, 0.2) is 12.2 Å². The summed E-state index contributed by atoms with van der Waals surface area (Å²) in [5.74, 6) is 0.124. The lowest BCUT2D eigenvalue weighted by Gasteiger charge is -2.24. The van der Waals surface area contributed by atoms with Crippen LogP contribution in [0.5, 0.6) is 0 Å². The molecule has 0 radical (unpaired) electrons. The van der Waals surface area contributed by atoms with Gasteiger partial charge in [-0.05, 0) is 34.1 Å². The fourth-order valence-electron chi connectivity index (χ4n) is 1.87. The number of aliphatic hydroxyl groups excluding tert-OH is 1. The summed E-state index contributed by atoms with van der Waals surface area (Å²) in [5, 5.41) is 9.85. The van der Waals surface area contributed by atoms with Gasteiger partial charge < -0.3 is 14.7 Å². The van der Waals surface area contributed by atoms with Crippen molar-refractivity contribution in [3.05, 3.63) is 12.2 Å². The van der Waals surface area contributed by atoms with E-state index < -0.39 is 11.7 Å². The van der Waals surface area contributed by atoms with Crippen LogP contribution in [0.25, 0.3) is 0 Å². The first kappa shape index (κ1) is 14.0. The molecule has 0 aliphatic carbocycles. The highest BCUT2D eigenvalue weighted by Gasteiger charge is 2.35. The van der Waals surface area contributed by atoms with Gasteiger partial charge in [0.25, 0.3) is 0 Å². The van der Waals surface area contributed by atoms with E-state index in [4.69, 9.17) is 4.74 Å². The summed E-state index contributed by atoms with van der Waals surface area (Å²) < 4.78 is 5.28. The Morgan fingerprint density at radius 1 is 1.47 bits per heavy atom. The van der Waals surface area contributed by atoms with Crippen LogP contribution >= 0.6 is 0 Å². The van der Waals surface area contributed by atoms with Crippen LogP contribution in [-0.2, 0) is 4.74 Å². The number of allylic oxidation sites excluding steroid dienone is 2. The quantitative estimate of drug-likeness (QED) is 0.754. The molecule has 1 amide bonds. The predicted molar refractivity (Wildman–Crippen MR) is 66.7 cm³/mol. The summed E-state index contributed by atoms with van der Waals surface area (Å²) in [5.41, 5.74) is -0.483. The Labute approximate surface area is 103 Å². The Hall–Kier alpha value is -1.03. The highest BCUT2D eigenvalue weighted by atomic mass is 16.6. The second-order valence-electron chi connectivity index (χ2n) is 5.52. The molecule has 0 aromatic rings. The molecule has 17 heavy (non-hydrogen) atoms. The smallest absolute Gasteiger partial charge is 0.410 e. The van der Waals surface area contributed by atoms with Crippen molar-refractivity contribution < 1.29 is 14.6 Å². The topological polar surface area (TPSA) is 49.8 Å². The summed E-state index contributed by atoms with van der Waals surface area (Å²) in [7, 11) is 0. The zero-order valence-electron chi connectivity index (χ0n) is 11.1. The van der Waals surface area contributed by atoms with E-state index in [2.05, 4.69) is 0 Å². The van der Waals surface area contributed by atoms with Crippen LogP contribution in [0.4, 0.5) is 4.79 Å². The Morgan fingerprint density at radius 2 is 2.12 bits per heavy atom. The number of nitrogens with zero attached hydrogens (tertiary/aromatic N) is 1. The van der Waals surface area contributed by atoms with Crippen LogP contribution < -0.4 is 0 Å². The van der Waals surface area contributed by atoms with E-state index >= 15 is 0 Å². The molecule has 1 N–H and O–H groups in total. The molecule has 1 aliphatic heterocycles.